The van der Waals surface area contributed by atoms with Crippen molar-refractivity contribution in [1.82, 2.24) is 9.71 Å². The number of pyridine rings is 1. The maximum Gasteiger partial charge on any atom is 0.267 e. The van der Waals surface area contributed by atoms with E-state index in [1.54, 1.807) is 30.3 Å². The van der Waals surface area contributed by atoms with Gasteiger partial charge in [-0.15, -0.1) is 0 Å². The lowest BCUT2D eigenvalue weighted by molar-refractivity contribution is -0.129. The minimum Gasteiger partial charge on any atom is -0.367 e. The topological polar surface area (TPSA) is 85.4 Å². The number of aromatic nitrogens is 1. The molecule has 1 N–H and O–H groups in total. The monoisotopic (exact) mass is 306 g/mol. The second-order valence-corrected chi connectivity index (χ2v) is 5.87. The Labute approximate surface area is 122 Å². The van der Waals surface area contributed by atoms with Gasteiger partial charge in [-0.2, -0.15) is 0 Å². The predicted molar refractivity (Wildman–Crippen MR) is 75.8 cm³/mol. The van der Waals surface area contributed by atoms with Gasteiger partial charge < -0.3 is 4.74 Å². The van der Waals surface area contributed by atoms with Gasteiger partial charge >= 0.3 is 0 Å². The molecule has 0 radical (unpaired) electrons. The lowest BCUT2D eigenvalue weighted by Crippen LogP contribution is -2.35. The van der Waals surface area contributed by atoms with E-state index in [0.717, 1.165) is 0 Å². The summed E-state index contributed by atoms with van der Waals surface area (Å²) in [6.07, 6.45) is 1.61. The van der Waals surface area contributed by atoms with Crippen molar-refractivity contribution in [3.05, 3.63) is 60.4 Å². The molecule has 1 heterocycles. The Hall–Kier alpha value is -2.25. The zero-order valence-electron chi connectivity index (χ0n) is 11.3. The maximum atomic E-state index is 12.1. The fourth-order valence-corrected chi connectivity index (χ4v) is 2.72. The molecule has 6 nitrogen and oxygen atoms in total. The largest absolute Gasteiger partial charge is 0.367 e. The van der Waals surface area contributed by atoms with Crippen molar-refractivity contribution in [3.8, 4) is 0 Å². The molecule has 21 heavy (non-hydrogen) atoms. The van der Waals surface area contributed by atoms with E-state index in [1.807, 2.05) is 4.72 Å². The minimum absolute atomic E-state index is 0.0822. The smallest absolute Gasteiger partial charge is 0.267 e. The number of nitrogens with zero attached hydrogens (tertiary/aromatic N) is 1. The number of amides is 1. The van der Waals surface area contributed by atoms with Crippen molar-refractivity contribution in [1.29, 1.82) is 0 Å². The molecule has 1 atom stereocenters. The van der Waals surface area contributed by atoms with E-state index in [-0.39, 0.29) is 4.90 Å². The highest BCUT2D eigenvalue weighted by Gasteiger charge is 2.25. The summed E-state index contributed by atoms with van der Waals surface area (Å²) in [6.45, 7) is 0. The molecule has 110 valence electrons. The van der Waals surface area contributed by atoms with Gasteiger partial charge in [0.1, 0.15) is 4.90 Å². The van der Waals surface area contributed by atoms with Gasteiger partial charge in [0, 0.05) is 19.5 Å². The van der Waals surface area contributed by atoms with Gasteiger partial charge in [-0.3, -0.25) is 9.78 Å². The Morgan fingerprint density at radius 1 is 1.19 bits per heavy atom. The van der Waals surface area contributed by atoms with Crippen LogP contribution in [-0.4, -0.2) is 26.4 Å². The molecule has 7 heteroatoms. The van der Waals surface area contributed by atoms with Crippen LogP contribution in [-0.2, 0) is 19.6 Å². The first-order valence-electron chi connectivity index (χ1n) is 6.09. The third-order valence-corrected chi connectivity index (χ3v) is 4.09. The third kappa shape index (κ3) is 3.65. The number of rotatable bonds is 5. The summed E-state index contributed by atoms with van der Waals surface area (Å²) >= 11 is 0. The minimum atomic E-state index is -3.96. The first-order valence-corrected chi connectivity index (χ1v) is 7.57. The Kier molecular flexibility index (Phi) is 4.66. The van der Waals surface area contributed by atoms with Crippen molar-refractivity contribution in [3.63, 3.8) is 0 Å². The van der Waals surface area contributed by atoms with Crippen LogP contribution in [0.4, 0.5) is 0 Å². The number of methoxy groups -OCH3 is 1. The summed E-state index contributed by atoms with van der Waals surface area (Å²) in [6, 6.07) is 11.5. The van der Waals surface area contributed by atoms with Crippen LogP contribution in [0, 0.1) is 0 Å². The Morgan fingerprint density at radius 2 is 1.90 bits per heavy atom. The van der Waals surface area contributed by atoms with Gasteiger partial charge in [0.05, 0.1) is 0 Å². The van der Waals surface area contributed by atoms with E-state index >= 15 is 0 Å². The molecule has 0 unspecified atom stereocenters. The predicted octanol–water partition coefficient (Wildman–Crippen LogP) is 1.27. The molecule has 0 fully saturated rings. The van der Waals surface area contributed by atoms with Gasteiger partial charge in [-0.05, 0) is 17.7 Å². The highest BCUT2D eigenvalue weighted by molar-refractivity contribution is 7.90. The summed E-state index contributed by atoms with van der Waals surface area (Å²) in [7, 11) is -2.62. The zero-order valence-corrected chi connectivity index (χ0v) is 12.1. The number of benzene rings is 1. The summed E-state index contributed by atoms with van der Waals surface area (Å²) < 4.78 is 31.2. The lowest BCUT2D eigenvalue weighted by atomic mass is 10.1. The molecule has 2 rings (SSSR count). The van der Waals surface area contributed by atoms with Gasteiger partial charge in [-0.25, -0.2) is 13.1 Å². The Bertz CT molecular complexity index is 702. The van der Waals surface area contributed by atoms with E-state index in [2.05, 4.69) is 4.98 Å². The number of carbonyl (C=O) groups is 1. The summed E-state index contributed by atoms with van der Waals surface area (Å²) in [5.74, 6) is -0.757. The zero-order chi connectivity index (χ0) is 15.3. The number of hydrogen-bond donors (Lipinski definition) is 1. The molecule has 1 aromatic heterocycles. The molecule has 0 saturated carbocycles. The van der Waals surface area contributed by atoms with E-state index in [9.17, 15) is 13.2 Å². The van der Waals surface area contributed by atoms with Crippen LogP contribution in [0.2, 0.25) is 0 Å². The second kappa shape index (κ2) is 6.47. The van der Waals surface area contributed by atoms with Crippen molar-refractivity contribution in [2.45, 2.75) is 11.0 Å². The van der Waals surface area contributed by atoms with Crippen LogP contribution in [0.15, 0.2) is 59.8 Å². The quantitative estimate of drug-likeness (QED) is 0.899. The van der Waals surface area contributed by atoms with Crippen molar-refractivity contribution >= 4 is 15.9 Å². The van der Waals surface area contributed by atoms with Crippen molar-refractivity contribution in [2.75, 3.05) is 7.11 Å². The van der Waals surface area contributed by atoms with Crippen LogP contribution in [0.1, 0.15) is 11.7 Å². The molecular formula is C14H14N2O4S. The SMILES string of the molecule is CO[C@@H](C(=O)NS(=O)(=O)c1cccnc1)c1ccccc1. The van der Waals surface area contributed by atoms with Crippen LogP contribution >= 0.6 is 0 Å². The Balaban J connectivity index is 2.21. The molecular weight excluding hydrogens is 292 g/mol. The van der Waals surface area contributed by atoms with Crippen LogP contribution in [0.5, 0.6) is 0 Å². The van der Waals surface area contributed by atoms with Gasteiger partial charge in [0.2, 0.25) is 0 Å². The highest BCUT2D eigenvalue weighted by atomic mass is 32.2. The number of ether oxygens (including phenoxy) is 1. The third-order valence-electron chi connectivity index (χ3n) is 2.76. The van der Waals surface area contributed by atoms with Crippen molar-refractivity contribution in [2.24, 2.45) is 0 Å². The molecule has 0 bridgehead atoms. The highest BCUT2D eigenvalue weighted by Crippen LogP contribution is 2.17. The first kappa shape index (κ1) is 15.1. The number of carbonyl (C=O) groups excluding carboxylic acids is 1. The van der Waals surface area contributed by atoms with E-state index in [0.29, 0.717) is 5.56 Å². The molecule has 0 spiro atoms. The number of sulfonamides is 1. The maximum absolute atomic E-state index is 12.1. The summed E-state index contributed by atoms with van der Waals surface area (Å²) in [5, 5.41) is 0. The normalized spacial score (nSPS) is 12.6. The van der Waals surface area contributed by atoms with E-state index in [1.165, 1.54) is 31.6 Å². The number of nitrogens with one attached hydrogen (secondary N) is 1. The van der Waals surface area contributed by atoms with Gasteiger partial charge in [-0.1, -0.05) is 30.3 Å². The molecule has 0 saturated heterocycles. The van der Waals surface area contributed by atoms with Gasteiger partial charge in [0.25, 0.3) is 15.9 Å². The molecule has 0 aliphatic rings. The fourth-order valence-electron chi connectivity index (χ4n) is 1.77. The Morgan fingerprint density at radius 3 is 2.48 bits per heavy atom. The molecule has 1 aromatic carbocycles. The molecule has 0 aliphatic heterocycles. The van der Waals surface area contributed by atoms with Crippen molar-refractivity contribution < 1.29 is 17.9 Å². The number of hydrogen-bond acceptors (Lipinski definition) is 5. The summed E-state index contributed by atoms with van der Waals surface area (Å²) in [4.78, 5) is 15.8. The molecule has 0 aliphatic carbocycles. The van der Waals surface area contributed by atoms with E-state index in [4.69, 9.17) is 4.74 Å². The lowest BCUT2D eigenvalue weighted by Gasteiger charge is -2.15. The average molecular weight is 306 g/mol. The van der Waals surface area contributed by atoms with Gasteiger partial charge in [0.15, 0.2) is 6.10 Å². The first-order chi connectivity index (χ1) is 10.0. The standard InChI is InChI=1S/C14H14N2O4S/c1-20-13(11-6-3-2-4-7-11)14(17)16-21(18,19)12-8-5-9-15-10-12/h2-10,13H,1H3,(H,16,17)/t13-/m1/s1. The molecule has 1 amide bonds. The van der Waals surface area contributed by atoms with Crippen LogP contribution in [0.25, 0.3) is 0 Å². The summed E-state index contributed by atoms with van der Waals surface area (Å²) in [5.41, 5.74) is 0.568. The van der Waals surface area contributed by atoms with Crippen LogP contribution in [0.3, 0.4) is 0 Å². The average Bonchev–Trinajstić information content (AvgIpc) is 2.49. The molecule has 2 aromatic rings. The fraction of sp³-hybridized carbons (Fsp3) is 0.143. The second-order valence-electron chi connectivity index (χ2n) is 4.18. The van der Waals surface area contributed by atoms with E-state index < -0.39 is 22.0 Å². The van der Waals surface area contributed by atoms with Crippen LogP contribution < -0.4 is 4.72 Å².